The van der Waals surface area contributed by atoms with Crippen LogP contribution in [-0.2, 0) is 14.3 Å². The molecule has 0 saturated heterocycles. The number of nitrogens with one attached hydrogen (secondary N) is 1. The Labute approximate surface area is 154 Å². The summed E-state index contributed by atoms with van der Waals surface area (Å²) in [6, 6.07) is 8.57. The van der Waals surface area contributed by atoms with Gasteiger partial charge in [-0.05, 0) is 24.3 Å². The highest BCUT2D eigenvalue weighted by molar-refractivity contribution is 9.10. The summed E-state index contributed by atoms with van der Waals surface area (Å²) in [6.07, 6.45) is 1.03. The Balaban J connectivity index is 2.97. The monoisotopic (exact) mass is 421 g/mol. The van der Waals surface area contributed by atoms with Gasteiger partial charge in [-0.3, -0.25) is 14.2 Å². The number of amides is 1. The second-order valence-electron chi connectivity index (χ2n) is 4.62. The van der Waals surface area contributed by atoms with Crippen molar-refractivity contribution in [3.63, 3.8) is 0 Å². The molecule has 0 atom stereocenters. The molecular weight excluding hydrogens is 410 g/mol. The predicted molar refractivity (Wildman–Crippen MR) is 96.4 cm³/mol. The molecule has 2 rings (SSSR count). The fraction of sp³-hybridized carbons (Fsp3) is 0.125. The van der Waals surface area contributed by atoms with Crippen LogP contribution in [0.15, 0.2) is 33.5 Å². The SMILES string of the molecule is CNC(=O)/C(C#N)=c1/s/c(=C/C(=O)OC)c(=O)n1-c1ccc(Br)cc1. The van der Waals surface area contributed by atoms with Crippen LogP contribution in [0, 0.1) is 11.3 Å². The van der Waals surface area contributed by atoms with E-state index >= 15 is 0 Å². The molecule has 2 aromatic rings. The maximum Gasteiger partial charge on any atom is 0.332 e. The van der Waals surface area contributed by atoms with Crippen LogP contribution in [0.2, 0.25) is 0 Å². The van der Waals surface area contributed by atoms with E-state index in [1.165, 1.54) is 18.7 Å². The van der Waals surface area contributed by atoms with Crippen LogP contribution in [0.5, 0.6) is 0 Å². The van der Waals surface area contributed by atoms with Crippen molar-refractivity contribution in [2.45, 2.75) is 0 Å². The number of carbonyl (C=O) groups is 2. The minimum absolute atomic E-state index is 0.0569. The Morgan fingerprint density at radius 2 is 2.00 bits per heavy atom. The van der Waals surface area contributed by atoms with Gasteiger partial charge in [0.15, 0.2) is 5.57 Å². The van der Waals surface area contributed by atoms with Gasteiger partial charge >= 0.3 is 5.97 Å². The number of esters is 1. The lowest BCUT2D eigenvalue weighted by Gasteiger charge is -2.03. The number of rotatable bonds is 3. The van der Waals surface area contributed by atoms with Crippen molar-refractivity contribution in [2.75, 3.05) is 14.2 Å². The number of methoxy groups -OCH3 is 1. The molecular formula is C16H12BrN3O4S. The molecule has 0 spiro atoms. The van der Waals surface area contributed by atoms with Crippen molar-refractivity contribution in [1.29, 1.82) is 5.26 Å². The lowest BCUT2D eigenvalue weighted by Crippen LogP contribution is -2.33. The van der Waals surface area contributed by atoms with Crippen molar-refractivity contribution in [3.8, 4) is 11.8 Å². The minimum atomic E-state index is -0.702. The average Bonchev–Trinajstić information content (AvgIpc) is 2.92. The average molecular weight is 422 g/mol. The summed E-state index contributed by atoms with van der Waals surface area (Å²) in [4.78, 5) is 36.2. The predicted octanol–water partition coefficient (Wildman–Crippen LogP) is 0.0353. The van der Waals surface area contributed by atoms with Gasteiger partial charge in [0.25, 0.3) is 11.5 Å². The Hall–Kier alpha value is -2.70. The molecule has 0 fully saturated rings. The van der Waals surface area contributed by atoms with Crippen molar-refractivity contribution in [1.82, 2.24) is 9.88 Å². The number of thiazole rings is 1. The molecule has 0 saturated carbocycles. The van der Waals surface area contributed by atoms with Gasteiger partial charge in [-0.1, -0.05) is 15.9 Å². The van der Waals surface area contributed by atoms with Gasteiger partial charge in [-0.2, -0.15) is 5.26 Å². The van der Waals surface area contributed by atoms with Crippen LogP contribution in [0.1, 0.15) is 0 Å². The van der Waals surface area contributed by atoms with Crippen LogP contribution in [-0.4, -0.2) is 30.6 Å². The second-order valence-corrected chi connectivity index (χ2v) is 6.57. The van der Waals surface area contributed by atoms with E-state index < -0.39 is 17.4 Å². The third kappa shape index (κ3) is 3.87. The van der Waals surface area contributed by atoms with E-state index in [4.69, 9.17) is 0 Å². The van der Waals surface area contributed by atoms with Crippen LogP contribution < -0.4 is 20.1 Å². The lowest BCUT2D eigenvalue weighted by molar-refractivity contribution is -0.133. The molecule has 7 nitrogen and oxygen atoms in total. The standard InChI is InChI=1S/C16H12BrN3O4S/c1-19-14(22)11(8-18)16-20(10-5-3-9(17)4-6-10)15(23)12(25-16)7-13(21)24-2/h3-7H,1-2H3,(H,19,22)/b12-7+,16-11+. The molecule has 1 aromatic heterocycles. The first-order valence-electron chi connectivity index (χ1n) is 6.87. The van der Waals surface area contributed by atoms with E-state index in [1.807, 2.05) is 6.07 Å². The van der Waals surface area contributed by atoms with E-state index in [0.717, 1.165) is 21.9 Å². The Morgan fingerprint density at radius 1 is 1.36 bits per heavy atom. The van der Waals surface area contributed by atoms with Gasteiger partial charge in [0, 0.05) is 17.6 Å². The molecule has 0 aliphatic heterocycles. The first kappa shape index (κ1) is 18.6. The third-order valence-electron chi connectivity index (χ3n) is 3.14. The number of benzene rings is 1. The lowest BCUT2D eigenvalue weighted by atomic mass is 10.3. The van der Waals surface area contributed by atoms with Crippen LogP contribution in [0.3, 0.4) is 0 Å². The summed E-state index contributed by atoms with van der Waals surface area (Å²) in [6.45, 7) is 0. The first-order chi connectivity index (χ1) is 11.9. The van der Waals surface area contributed by atoms with E-state index in [0.29, 0.717) is 5.69 Å². The number of aromatic nitrogens is 1. The molecule has 25 heavy (non-hydrogen) atoms. The summed E-state index contributed by atoms with van der Waals surface area (Å²) in [5.41, 5.74) is -0.290. The number of hydrogen-bond acceptors (Lipinski definition) is 6. The number of halogens is 1. The fourth-order valence-corrected chi connectivity index (χ4v) is 3.29. The van der Waals surface area contributed by atoms with E-state index in [-0.39, 0.29) is 14.8 Å². The normalized spacial score (nSPS) is 12.3. The second kappa shape index (κ2) is 7.92. The summed E-state index contributed by atoms with van der Waals surface area (Å²) >= 11 is 4.17. The maximum absolute atomic E-state index is 12.7. The van der Waals surface area contributed by atoms with Crippen LogP contribution in [0.25, 0.3) is 17.3 Å². The molecule has 1 N–H and O–H groups in total. The molecule has 0 aliphatic carbocycles. The summed E-state index contributed by atoms with van der Waals surface area (Å²) in [5.74, 6) is -1.33. The Morgan fingerprint density at radius 3 is 2.52 bits per heavy atom. The topological polar surface area (TPSA) is 101 Å². The molecule has 0 radical (unpaired) electrons. The van der Waals surface area contributed by atoms with E-state index in [9.17, 15) is 19.6 Å². The highest BCUT2D eigenvalue weighted by atomic mass is 79.9. The zero-order valence-electron chi connectivity index (χ0n) is 13.2. The fourth-order valence-electron chi connectivity index (χ4n) is 1.96. The largest absolute Gasteiger partial charge is 0.466 e. The Bertz CT molecular complexity index is 1050. The zero-order chi connectivity index (χ0) is 18.6. The van der Waals surface area contributed by atoms with Gasteiger partial charge in [0.05, 0.1) is 12.8 Å². The summed E-state index contributed by atoms with van der Waals surface area (Å²) in [5, 5.41) is 11.7. The third-order valence-corrected chi connectivity index (χ3v) is 4.76. The number of nitrogens with zero attached hydrogens (tertiary/aromatic N) is 2. The minimum Gasteiger partial charge on any atom is -0.466 e. The quantitative estimate of drug-likeness (QED) is 0.704. The number of carbonyl (C=O) groups excluding carboxylic acids is 2. The van der Waals surface area contributed by atoms with Crippen LogP contribution in [0.4, 0.5) is 0 Å². The number of ether oxygens (including phenoxy) is 1. The van der Waals surface area contributed by atoms with Gasteiger partial charge in [0.2, 0.25) is 0 Å². The van der Waals surface area contributed by atoms with Gasteiger partial charge < -0.3 is 10.1 Å². The molecule has 128 valence electrons. The van der Waals surface area contributed by atoms with Crippen LogP contribution >= 0.6 is 27.3 Å². The first-order valence-corrected chi connectivity index (χ1v) is 8.47. The molecule has 0 aliphatic rings. The van der Waals surface area contributed by atoms with E-state index in [2.05, 4.69) is 26.0 Å². The van der Waals surface area contributed by atoms with Crippen molar-refractivity contribution >= 4 is 50.8 Å². The van der Waals surface area contributed by atoms with Crippen molar-refractivity contribution in [3.05, 3.63) is 48.3 Å². The molecule has 1 amide bonds. The summed E-state index contributed by atoms with van der Waals surface area (Å²) in [7, 11) is 2.58. The number of hydrogen-bond donors (Lipinski definition) is 1. The molecule has 0 bridgehead atoms. The van der Waals surface area contributed by atoms with Gasteiger partial charge in [-0.25, -0.2) is 4.79 Å². The molecule has 9 heteroatoms. The van der Waals surface area contributed by atoms with Gasteiger partial charge in [-0.15, -0.1) is 11.3 Å². The zero-order valence-corrected chi connectivity index (χ0v) is 15.6. The number of nitriles is 1. The van der Waals surface area contributed by atoms with E-state index in [1.54, 1.807) is 24.3 Å². The van der Waals surface area contributed by atoms with Gasteiger partial charge in [0.1, 0.15) is 15.3 Å². The molecule has 0 unspecified atom stereocenters. The van der Waals surface area contributed by atoms with Crippen molar-refractivity contribution in [2.24, 2.45) is 0 Å². The van der Waals surface area contributed by atoms with Crippen molar-refractivity contribution < 1.29 is 14.3 Å². The maximum atomic E-state index is 12.7. The highest BCUT2D eigenvalue weighted by Crippen LogP contribution is 2.12. The highest BCUT2D eigenvalue weighted by Gasteiger charge is 2.16. The summed E-state index contributed by atoms with van der Waals surface area (Å²) < 4.78 is 6.75. The molecule has 1 aromatic carbocycles. The molecule has 1 heterocycles. The smallest absolute Gasteiger partial charge is 0.332 e. The Kier molecular flexibility index (Phi) is 5.90.